The molecule has 27 heavy (non-hydrogen) atoms. The molecule has 1 aliphatic carbocycles. The first-order valence-corrected chi connectivity index (χ1v) is 11.0. The van der Waals surface area contributed by atoms with Gasteiger partial charge in [0.1, 0.15) is 0 Å². The second-order valence-corrected chi connectivity index (χ2v) is 9.59. The SMILES string of the molecule is CC1CC(C)C(CNC(=O)C2CC(Cl)CC(NC3CCNC3)C2C)C(=O)N1. The van der Waals surface area contributed by atoms with Gasteiger partial charge < -0.3 is 21.3 Å². The van der Waals surface area contributed by atoms with Crippen molar-refractivity contribution in [3.63, 3.8) is 0 Å². The van der Waals surface area contributed by atoms with Crippen molar-refractivity contribution >= 4 is 23.4 Å². The summed E-state index contributed by atoms with van der Waals surface area (Å²) in [6.07, 6.45) is 3.69. The van der Waals surface area contributed by atoms with Crippen molar-refractivity contribution < 1.29 is 9.59 Å². The van der Waals surface area contributed by atoms with Crippen molar-refractivity contribution in [3.05, 3.63) is 0 Å². The Kier molecular flexibility index (Phi) is 7.03. The van der Waals surface area contributed by atoms with E-state index in [1.165, 1.54) is 0 Å². The molecule has 2 amide bonds. The van der Waals surface area contributed by atoms with Crippen LogP contribution in [0, 0.1) is 23.7 Å². The summed E-state index contributed by atoms with van der Waals surface area (Å²) in [6.45, 7) is 8.73. The Balaban J connectivity index is 1.55. The molecule has 0 bridgehead atoms. The molecule has 2 aliphatic heterocycles. The number of piperidine rings is 1. The highest BCUT2D eigenvalue weighted by Crippen LogP contribution is 2.34. The molecule has 0 aromatic carbocycles. The van der Waals surface area contributed by atoms with E-state index in [0.717, 1.165) is 32.4 Å². The number of carbonyl (C=O) groups is 2. The lowest BCUT2D eigenvalue weighted by molar-refractivity contribution is -0.131. The maximum Gasteiger partial charge on any atom is 0.225 e. The zero-order chi connectivity index (χ0) is 19.6. The number of halogens is 1. The molecule has 3 aliphatic rings. The van der Waals surface area contributed by atoms with E-state index < -0.39 is 0 Å². The lowest BCUT2D eigenvalue weighted by Gasteiger charge is -2.40. The zero-order valence-electron chi connectivity index (χ0n) is 16.8. The average Bonchev–Trinajstić information content (AvgIpc) is 3.09. The molecule has 0 aromatic heterocycles. The molecule has 4 N–H and O–H groups in total. The molecule has 3 fully saturated rings. The molecule has 0 aromatic rings. The van der Waals surface area contributed by atoms with Gasteiger partial charge in [0.05, 0.1) is 5.92 Å². The number of hydrogen-bond donors (Lipinski definition) is 4. The summed E-state index contributed by atoms with van der Waals surface area (Å²) < 4.78 is 0. The summed E-state index contributed by atoms with van der Waals surface area (Å²) >= 11 is 6.51. The van der Waals surface area contributed by atoms with Crippen molar-refractivity contribution in [2.45, 2.75) is 70.0 Å². The molecule has 1 saturated carbocycles. The van der Waals surface area contributed by atoms with E-state index in [4.69, 9.17) is 11.6 Å². The van der Waals surface area contributed by atoms with E-state index in [1.807, 2.05) is 6.92 Å². The zero-order valence-corrected chi connectivity index (χ0v) is 17.5. The van der Waals surface area contributed by atoms with Crippen LogP contribution in [0.3, 0.4) is 0 Å². The Morgan fingerprint density at radius 1 is 1.22 bits per heavy atom. The van der Waals surface area contributed by atoms with Crippen LogP contribution in [0.1, 0.15) is 46.5 Å². The van der Waals surface area contributed by atoms with Gasteiger partial charge in [-0.25, -0.2) is 0 Å². The third-order valence-corrected chi connectivity index (χ3v) is 7.13. The molecule has 154 valence electrons. The minimum absolute atomic E-state index is 0.0153. The van der Waals surface area contributed by atoms with Gasteiger partial charge in [-0.3, -0.25) is 9.59 Å². The van der Waals surface area contributed by atoms with E-state index in [0.29, 0.717) is 19.0 Å². The van der Waals surface area contributed by atoms with Crippen molar-refractivity contribution in [2.24, 2.45) is 23.7 Å². The van der Waals surface area contributed by atoms with Crippen molar-refractivity contribution in [1.29, 1.82) is 0 Å². The van der Waals surface area contributed by atoms with E-state index in [2.05, 4.69) is 35.1 Å². The summed E-state index contributed by atoms with van der Waals surface area (Å²) in [4.78, 5) is 25.2. The first-order chi connectivity index (χ1) is 12.8. The predicted molar refractivity (Wildman–Crippen MR) is 108 cm³/mol. The van der Waals surface area contributed by atoms with Gasteiger partial charge in [0.2, 0.25) is 11.8 Å². The van der Waals surface area contributed by atoms with Crippen LogP contribution in [0.5, 0.6) is 0 Å². The molecule has 0 radical (unpaired) electrons. The number of nitrogens with one attached hydrogen (secondary N) is 4. The van der Waals surface area contributed by atoms with Crippen LogP contribution in [0.25, 0.3) is 0 Å². The fourth-order valence-electron chi connectivity index (χ4n) is 5.05. The quantitative estimate of drug-likeness (QED) is 0.525. The van der Waals surface area contributed by atoms with Crippen molar-refractivity contribution in [1.82, 2.24) is 21.3 Å². The molecule has 3 rings (SSSR count). The fourth-order valence-corrected chi connectivity index (χ4v) is 5.43. The van der Waals surface area contributed by atoms with Gasteiger partial charge in [-0.2, -0.15) is 0 Å². The van der Waals surface area contributed by atoms with E-state index in [-0.39, 0.29) is 52.9 Å². The highest BCUT2D eigenvalue weighted by atomic mass is 35.5. The maximum atomic E-state index is 12.9. The number of hydrogen-bond acceptors (Lipinski definition) is 4. The lowest BCUT2D eigenvalue weighted by Crippen LogP contribution is -2.54. The van der Waals surface area contributed by atoms with Crippen molar-refractivity contribution in [3.8, 4) is 0 Å². The topological polar surface area (TPSA) is 82.3 Å². The summed E-state index contributed by atoms with van der Waals surface area (Å²) in [7, 11) is 0. The van der Waals surface area contributed by atoms with Crippen LogP contribution in [-0.2, 0) is 9.59 Å². The minimum Gasteiger partial charge on any atom is -0.355 e. The predicted octanol–water partition coefficient (Wildman–Crippen LogP) is 1.24. The van der Waals surface area contributed by atoms with Gasteiger partial charge in [-0.05, 0) is 51.0 Å². The first kappa shape index (κ1) is 20.9. The van der Waals surface area contributed by atoms with Gasteiger partial charge >= 0.3 is 0 Å². The molecule has 8 atom stereocenters. The molecule has 7 heteroatoms. The summed E-state index contributed by atoms with van der Waals surface area (Å²) in [5.41, 5.74) is 0. The van der Waals surface area contributed by atoms with Gasteiger partial charge in [0.25, 0.3) is 0 Å². The summed E-state index contributed by atoms with van der Waals surface area (Å²) in [5, 5.41) is 13.2. The number of alkyl halides is 1. The van der Waals surface area contributed by atoms with Crippen molar-refractivity contribution in [2.75, 3.05) is 19.6 Å². The van der Waals surface area contributed by atoms with Crippen LogP contribution >= 0.6 is 11.6 Å². The third kappa shape index (κ3) is 5.15. The molecule has 8 unspecified atom stereocenters. The summed E-state index contributed by atoms with van der Waals surface area (Å²) in [6, 6.07) is 0.947. The maximum absolute atomic E-state index is 12.9. The Labute approximate surface area is 167 Å². The first-order valence-electron chi connectivity index (χ1n) is 10.5. The van der Waals surface area contributed by atoms with Crippen LogP contribution in [0.15, 0.2) is 0 Å². The normalized spacial score (nSPS) is 42.6. The van der Waals surface area contributed by atoms with E-state index in [9.17, 15) is 9.59 Å². The smallest absolute Gasteiger partial charge is 0.225 e. The second-order valence-electron chi connectivity index (χ2n) is 8.97. The average molecular weight is 399 g/mol. The number of amides is 2. The summed E-state index contributed by atoms with van der Waals surface area (Å²) in [5.74, 6) is 0.369. The third-order valence-electron chi connectivity index (χ3n) is 6.77. The number of carbonyl (C=O) groups excluding carboxylic acids is 2. The Morgan fingerprint density at radius 2 is 2.00 bits per heavy atom. The van der Waals surface area contributed by atoms with E-state index in [1.54, 1.807) is 0 Å². The van der Waals surface area contributed by atoms with Gasteiger partial charge in [0.15, 0.2) is 0 Å². The monoisotopic (exact) mass is 398 g/mol. The molecule has 2 heterocycles. The minimum atomic E-state index is -0.144. The van der Waals surface area contributed by atoms with Crippen LogP contribution in [0.2, 0.25) is 0 Å². The standard InChI is InChI=1S/C20H35ClN4O2/c1-11-6-12(2)24-20(27)17(11)10-23-19(26)16-7-14(21)8-18(13(16)3)25-15-4-5-22-9-15/h11-18,22,25H,4-10H2,1-3H3,(H,23,26)(H,24,27). The lowest BCUT2D eigenvalue weighted by atomic mass is 9.75. The van der Waals surface area contributed by atoms with Gasteiger partial charge in [-0.15, -0.1) is 11.6 Å². The number of rotatable bonds is 5. The highest BCUT2D eigenvalue weighted by molar-refractivity contribution is 6.20. The van der Waals surface area contributed by atoms with Gasteiger partial charge in [-0.1, -0.05) is 13.8 Å². The molecule has 6 nitrogen and oxygen atoms in total. The van der Waals surface area contributed by atoms with Gasteiger partial charge in [0, 0.05) is 42.5 Å². The molecule has 0 spiro atoms. The van der Waals surface area contributed by atoms with Crippen LogP contribution < -0.4 is 21.3 Å². The Bertz CT molecular complexity index is 540. The Hall–Kier alpha value is -0.850. The molecular weight excluding hydrogens is 364 g/mol. The second kappa shape index (κ2) is 9.10. The molecular formula is C20H35ClN4O2. The molecule has 2 saturated heterocycles. The fraction of sp³-hybridized carbons (Fsp3) is 0.900. The largest absolute Gasteiger partial charge is 0.355 e. The Morgan fingerprint density at radius 3 is 2.67 bits per heavy atom. The highest BCUT2D eigenvalue weighted by Gasteiger charge is 2.40. The van der Waals surface area contributed by atoms with E-state index >= 15 is 0 Å². The van der Waals surface area contributed by atoms with Crippen LogP contribution in [-0.4, -0.2) is 55.0 Å². The van der Waals surface area contributed by atoms with Crippen LogP contribution in [0.4, 0.5) is 0 Å².